The predicted octanol–water partition coefficient (Wildman–Crippen LogP) is 3.89. The number of nitrogens with zero attached hydrogens (tertiary/aromatic N) is 1. The summed E-state index contributed by atoms with van der Waals surface area (Å²) in [6.45, 7) is 7.28. The molecule has 116 valence electrons. The third-order valence-electron chi connectivity index (χ3n) is 3.57. The van der Waals surface area contributed by atoms with Crippen molar-refractivity contribution in [3.05, 3.63) is 30.3 Å². The maximum Gasteiger partial charge on any atom is 0.410 e. The van der Waals surface area contributed by atoms with Crippen molar-refractivity contribution in [2.45, 2.75) is 51.7 Å². The van der Waals surface area contributed by atoms with Crippen molar-refractivity contribution in [2.24, 2.45) is 0 Å². The van der Waals surface area contributed by atoms with Crippen LogP contribution in [0, 0.1) is 0 Å². The molecule has 4 nitrogen and oxygen atoms in total. The molecule has 21 heavy (non-hydrogen) atoms. The lowest BCUT2D eigenvalue weighted by Gasteiger charge is -2.37. The minimum Gasteiger partial charge on any atom is -0.444 e. The Kier molecular flexibility index (Phi) is 5.10. The molecule has 1 fully saturated rings. The minimum absolute atomic E-state index is 0.193. The second-order valence-electron chi connectivity index (χ2n) is 6.57. The van der Waals surface area contributed by atoms with E-state index in [2.05, 4.69) is 5.32 Å². The highest BCUT2D eigenvalue weighted by Crippen LogP contribution is 2.21. The van der Waals surface area contributed by atoms with E-state index in [9.17, 15) is 4.79 Å². The number of rotatable bonds is 3. The van der Waals surface area contributed by atoms with Gasteiger partial charge < -0.3 is 15.0 Å². The van der Waals surface area contributed by atoms with Gasteiger partial charge in [0.05, 0.1) is 6.04 Å². The molecule has 1 amide bonds. The van der Waals surface area contributed by atoms with Gasteiger partial charge >= 0.3 is 6.09 Å². The van der Waals surface area contributed by atoms with E-state index in [0.29, 0.717) is 0 Å². The van der Waals surface area contributed by atoms with Crippen LogP contribution in [0.3, 0.4) is 0 Å². The Morgan fingerprint density at radius 3 is 2.67 bits per heavy atom. The number of nitrogens with one attached hydrogen (secondary N) is 1. The van der Waals surface area contributed by atoms with Crippen molar-refractivity contribution < 1.29 is 9.53 Å². The van der Waals surface area contributed by atoms with E-state index < -0.39 is 5.60 Å². The number of carbonyl (C=O) groups excluding carboxylic acids is 1. The maximum absolute atomic E-state index is 12.3. The molecule has 1 heterocycles. The maximum atomic E-state index is 12.3. The van der Waals surface area contributed by atoms with Crippen molar-refractivity contribution in [1.82, 2.24) is 4.90 Å². The van der Waals surface area contributed by atoms with Crippen LogP contribution < -0.4 is 5.32 Å². The van der Waals surface area contributed by atoms with Crippen LogP contribution in [-0.4, -0.2) is 35.7 Å². The van der Waals surface area contributed by atoms with Gasteiger partial charge in [-0.25, -0.2) is 4.79 Å². The van der Waals surface area contributed by atoms with Crippen LogP contribution in [0.5, 0.6) is 0 Å². The van der Waals surface area contributed by atoms with Crippen molar-refractivity contribution in [1.29, 1.82) is 0 Å². The molecule has 0 bridgehead atoms. The van der Waals surface area contributed by atoms with Gasteiger partial charge in [0.25, 0.3) is 0 Å². The molecule has 2 rings (SSSR count). The molecule has 0 saturated carbocycles. The molecule has 0 aliphatic carbocycles. The smallest absolute Gasteiger partial charge is 0.410 e. The molecule has 0 spiro atoms. The number of benzene rings is 1. The Bertz CT molecular complexity index is 454. The molecule has 1 atom stereocenters. The highest BCUT2D eigenvalue weighted by molar-refractivity contribution is 5.68. The fourth-order valence-electron chi connectivity index (χ4n) is 2.57. The largest absolute Gasteiger partial charge is 0.444 e. The van der Waals surface area contributed by atoms with Gasteiger partial charge in [-0.1, -0.05) is 18.2 Å². The van der Waals surface area contributed by atoms with Crippen LogP contribution in [-0.2, 0) is 4.74 Å². The zero-order valence-corrected chi connectivity index (χ0v) is 13.3. The van der Waals surface area contributed by atoms with Crippen LogP contribution in [0.15, 0.2) is 30.3 Å². The summed E-state index contributed by atoms with van der Waals surface area (Å²) in [5.74, 6) is 0. The second-order valence-corrected chi connectivity index (χ2v) is 6.57. The number of anilines is 1. The molecular formula is C17H26N2O2. The molecule has 1 saturated heterocycles. The Hall–Kier alpha value is -1.71. The average Bonchev–Trinajstić information content (AvgIpc) is 2.45. The van der Waals surface area contributed by atoms with Gasteiger partial charge in [0, 0.05) is 18.8 Å². The predicted molar refractivity (Wildman–Crippen MR) is 85.5 cm³/mol. The van der Waals surface area contributed by atoms with E-state index in [1.807, 2.05) is 56.0 Å². The van der Waals surface area contributed by atoms with Gasteiger partial charge in [0.1, 0.15) is 5.60 Å². The first-order valence-corrected chi connectivity index (χ1v) is 7.74. The first kappa shape index (κ1) is 15.7. The third-order valence-corrected chi connectivity index (χ3v) is 3.57. The summed E-state index contributed by atoms with van der Waals surface area (Å²) in [6, 6.07) is 10.3. The van der Waals surface area contributed by atoms with Crippen molar-refractivity contribution in [3.63, 3.8) is 0 Å². The van der Waals surface area contributed by atoms with Gasteiger partial charge in [0.2, 0.25) is 0 Å². The molecular weight excluding hydrogens is 264 g/mol. The summed E-state index contributed by atoms with van der Waals surface area (Å²) in [5, 5.41) is 3.41. The molecule has 1 N–H and O–H groups in total. The number of ether oxygens (including phenoxy) is 1. The monoisotopic (exact) mass is 290 g/mol. The highest BCUT2D eigenvalue weighted by Gasteiger charge is 2.30. The van der Waals surface area contributed by atoms with E-state index in [1.54, 1.807) is 0 Å². The lowest BCUT2D eigenvalue weighted by molar-refractivity contribution is 0.0114. The lowest BCUT2D eigenvalue weighted by atomic mass is 10.0. The number of amides is 1. The zero-order valence-electron chi connectivity index (χ0n) is 13.3. The van der Waals surface area contributed by atoms with Gasteiger partial charge in [-0.05, 0) is 52.2 Å². The number of piperidine rings is 1. The van der Waals surface area contributed by atoms with E-state index in [-0.39, 0.29) is 12.1 Å². The van der Waals surface area contributed by atoms with Crippen LogP contribution in [0.1, 0.15) is 40.0 Å². The summed E-state index contributed by atoms with van der Waals surface area (Å²) in [5.41, 5.74) is 0.651. The molecule has 1 aliphatic heterocycles. The summed E-state index contributed by atoms with van der Waals surface area (Å²) in [6.07, 6.45) is 3.06. The van der Waals surface area contributed by atoms with Gasteiger partial charge in [-0.3, -0.25) is 0 Å². The SMILES string of the molecule is CC(C)(C)OC(=O)N1CCCCC1CNc1ccccc1. The van der Waals surface area contributed by atoms with Gasteiger partial charge in [0.15, 0.2) is 0 Å². The molecule has 1 unspecified atom stereocenters. The molecule has 1 aromatic rings. The quantitative estimate of drug-likeness (QED) is 0.918. The number of para-hydroxylation sites is 1. The van der Waals surface area contributed by atoms with Crippen molar-refractivity contribution >= 4 is 11.8 Å². The molecule has 1 aliphatic rings. The van der Waals surface area contributed by atoms with Crippen LogP contribution >= 0.6 is 0 Å². The summed E-state index contributed by atoms with van der Waals surface area (Å²) >= 11 is 0. The molecule has 0 radical (unpaired) electrons. The van der Waals surface area contributed by atoms with Crippen LogP contribution in [0.4, 0.5) is 10.5 Å². The van der Waals surface area contributed by atoms with E-state index in [0.717, 1.165) is 31.6 Å². The van der Waals surface area contributed by atoms with Crippen LogP contribution in [0.2, 0.25) is 0 Å². The zero-order chi connectivity index (χ0) is 15.3. The number of hydrogen-bond donors (Lipinski definition) is 1. The number of hydrogen-bond acceptors (Lipinski definition) is 3. The lowest BCUT2D eigenvalue weighted by Crippen LogP contribution is -2.48. The third kappa shape index (κ3) is 4.96. The fourth-order valence-corrected chi connectivity index (χ4v) is 2.57. The summed E-state index contributed by atoms with van der Waals surface area (Å²) < 4.78 is 5.52. The Morgan fingerprint density at radius 1 is 1.29 bits per heavy atom. The number of likely N-dealkylation sites (tertiary alicyclic amines) is 1. The van der Waals surface area contributed by atoms with Crippen molar-refractivity contribution in [3.8, 4) is 0 Å². The first-order chi connectivity index (χ1) is 9.96. The highest BCUT2D eigenvalue weighted by atomic mass is 16.6. The summed E-state index contributed by atoms with van der Waals surface area (Å²) in [7, 11) is 0. The fraction of sp³-hybridized carbons (Fsp3) is 0.588. The Morgan fingerprint density at radius 2 is 2.00 bits per heavy atom. The second kappa shape index (κ2) is 6.83. The molecule has 1 aromatic carbocycles. The topological polar surface area (TPSA) is 41.6 Å². The van der Waals surface area contributed by atoms with E-state index in [4.69, 9.17) is 4.74 Å². The molecule has 0 aromatic heterocycles. The average molecular weight is 290 g/mol. The first-order valence-electron chi connectivity index (χ1n) is 7.74. The Labute approximate surface area is 127 Å². The Balaban J connectivity index is 1.94. The van der Waals surface area contributed by atoms with E-state index in [1.165, 1.54) is 6.42 Å². The number of carbonyl (C=O) groups is 1. The van der Waals surface area contributed by atoms with Crippen molar-refractivity contribution in [2.75, 3.05) is 18.4 Å². The molecule has 4 heteroatoms. The standard InChI is InChI=1S/C17H26N2O2/c1-17(2,3)21-16(20)19-12-8-7-11-15(19)13-18-14-9-5-4-6-10-14/h4-6,9-10,15,18H,7-8,11-13H2,1-3H3. The van der Waals surface area contributed by atoms with Gasteiger partial charge in [-0.15, -0.1) is 0 Å². The van der Waals surface area contributed by atoms with Crippen LogP contribution in [0.25, 0.3) is 0 Å². The minimum atomic E-state index is -0.439. The van der Waals surface area contributed by atoms with Gasteiger partial charge in [-0.2, -0.15) is 0 Å². The normalized spacial score (nSPS) is 19.2. The summed E-state index contributed by atoms with van der Waals surface area (Å²) in [4.78, 5) is 14.2. The van der Waals surface area contributed by atoms with E-state index >= 15 is 0 Å².